The summed E-state index contributed by atoms with van der Waals surface area (Å²) >= 11 is 0. The van der Waals surface area contributed by atoms with Crippen LogP contribution in [0.4, 0.5) is 4.79 Å². The average molecular weight is 246 g/mol. The zero-order valence-electron chi connectivity index (χ0n) is 10.2. The Bertz CT molecular complexity index is 292. The van der Waals surface area contributed by atoms with E-state index >= 15 is 0 Å². The van der Waals surface area contributed by atoms with E-state index in [4.69, 9.17) is 5.11 Å². The number of carboxylic acids is 1. The number of amides is 2. The minimum atomic E-state index is -0.920. The number of alkyl carbamates (subject to hydrolysis) is 1. The van der Waals surface area contributed by atoms with Gasteiger partial charge in [-0.25, -0.2) is 4.79 Å². The molecule has 0 rings (SSSR count). The molecule has 0 radical (unpaired) electrons. The first-order valence-corrected chi connectivity index (χ1v) is 5.23. The van der Waals surface area contributed by atoms with Crippen molar-refractivity contribution in [3.63, 3.8) is 0 Å². The van der Waals surface area contributed by atoms with E-state index in [1.807, 2.05) is 5.32 Å². The second kappa shape index (κ2) is 7.61. The summed E-state index contributed by atoms with van der Waals surface area (Å²) in [6.45, 7) is 4.10. The van der Waals surface area contributed by atoms with Crippen molar-refractivity contribution in [1.29, 1.82) is 0 Å². The molecule has 0 aliphatic heterocycles. The van der Waals surface area contributed by atoms with E-state index in [0.29, 0.717) is 6.54 Å². The summed E-state index contributed by atoms with van der Waals surface area (Å²) in [4.78, 5) is 34.4. The number of hydrogen-bond acceptors (Lipinski definition) is 5. The summed E-state index contributed by atoms with van der Waals surface area (Å²) in [5, 5.41) is 10.8. The molecule has 0 bridgehead atoms. The monoisotopic (exact) mass is 246 g/mol. The van der Waals surface area contributed by atoms with E-state index in [1.165, 1.54) is 0 Å². The topological polar surface area (TPSA) is 95.9 Å². The number of nitrogens with one attached hydrogen (secondary N) is 1. The molecule has 2 N–H and O–H groups in total. The molecule has 0 aromatic heterocycles. The SMILES string of the molecule is CCN(CC(=O)NC(=O)OC)CC(C)C(=O)O. The number of ether oxygens (including phenoxy) is 1. The molecule has 0 saturated carbocycles. The third kappa shape index (κ3) is 6.52. The number of carbonyl (C=O) groups is 3. The van der Waals surface area contributed by atoms with E-state index in [-0.39, 0.29) is 13.1 Å². The first-order valence-electron chi connectivity index (χ1n) is 5.23. The second-order valence-corrected chi connectivity index (χ2v) is 3.61. The lowest BCUT2D eigenvalue weighted by molar-refractivity contribution is -0.142. The molecule has 98 valence electrons. The van der Waals surface area contributed by atoms with Gasteiger partial charge in [0.25, 0.3) is 0 Å². The molecule has 1 atom stereocenters. The summed E-state index contributed by atoms with van der Waals surface area (Å²) < 4.78 is 4.27. The highest BCUT2D eigenvalue weighted by atomic mass is 16.5. The highest BCUT2D eigenvalue weighted by molar-refractivity contribution is 5.92. The Hall–Kier alpha value is -1.63. The van der Waals surface area contributed by atoms with Crippen LogP contribution in [0, 0.1) is 5.92 Å². The smallest absolute Gasteiger partial charge is 0.413 e. The van der Waals surface area contributed by atoms with E-state index < -0.39 is 23.9 Å². The fraction of sp³-hybridized carbons (Fsp3) is 0.700. The lowest BCUT2D eigenvalue weighted by atomic mass is 10.1. The summed E-state index contributed by atoms with van der Waals surface area (Å²) in [6, 6.07) is 0. The van der Waals surface area contributed by atoms with Gasteiger partial charge in [0.15, 0.2) is 0 Å². The van der Waals surface area contributed by atoms with Crippen molar-refractivity contribution in [2.75, 3.05) is 26.7 Å². The molecule has 0 aromatic rings. The van der Waals surface area contributed by atoms with Crippen molar-refractivity contribution in [3.05, 3.63) is 0 Å². The molecule has 7 heteroatoms. The van der Waals surface area contributed by atoms with Gasteiger partial charge in [0, 0.05) is 6.54 Å². The van der Waals surface area contributed by atoms with Crippen LogP contribution in [-0.2, 0) is 14.3 Å². The number of methoxy groups -OCH3 is 1. The Morgan fingerprint density at radius 3 is 2.41 bits per heavy atom. The third-order valence-corrected chi connectivity index (χ3v) is 2.19. The molecule has 0 heterocycles. The Kier molecular flexibility index (Phi) is 6.88. The van der Waals surface area contributed by atoms with Crippen LogP contribution in [0.15, 0.2) is 0 Å². The van der Waals surface area contributed by atoms with Crippen LogP contribution in [0.2, 0.25) is 0 Å². The van der Waals surface area contributed by atoms with Crippen LogP contribution in [0.1, 0.15) is 13.8 Å². The van der Waals surface area contributed by atoms with Gasteiger partial charge in [-0.15, -0.1) is 0 Å². The molecule has 0 spiro atoms. The molecular weight excluding hydrogens is 228 g/mol. The summed E-state index contributed by atoms with van der Waals surface area (Å²) in [5.74, 6) is -2.01. The molecule has 2 amide bonds. The van der Waals surface area contributed by atoms with Gasteiger partial charge >= 0.3 is 12.1 Å². The number of rotatable bonds is 6. The molecule has 7 nitrogen and oxygen atoms in total. The normalized spacial score (nSPS) is 12.0. The Labute approximate surface area is 99.7 Å². The van der Waals surface area contributed by atoms with Gasteiger partial charge in [-0.05, 0) is 6.54 Å². The first kappa shape index (κ1) is 15.4. The predicted octanol–water partition coefficient (Wildman–Crippen LogP) is -0.0884. The summed E-state index contributed by atoms with van der Waals surface area (Å²) in [5.41, 5.74) is 0. The molecule has 0 aliphatic rings. The number of imide groups is 1. The lowest BCUT2D eigenvalue weighted by Crippen LogP contribution is -2.42. The number of likely N-dealkylation sites (N-methyl/N-ethyl adjacent to an activating group) is 1. The molecule has 0 aliphatic carbocycles. The van der Waals surface area contributed by atoms with Gasteiger partial charge in [-0.1, -0.05) is 13.8 Å². The number of aliphatic carboxylic acids is 1. The Morgan fingerprint density at radius 2 is 2.00 bits per heavy atom. The fourth-order valence-corrected chi connectivity index (χ4v) is 1.18. The number of carboxylic acid groups (broad SMARTS) is 1. The van der Waals surface area contributed by atoms with Gasteiger partial charge in [-0.2, -0.15) is 0 Å². The molecule has 17 heavy (non-hydrogen) atoms. The van der Waals surface area contributed by atoms with Crippen LogP contribution < -0.4 is 5.32 Å². The molecular formula is C10H18N2O5. The quantitative estimate of drug-likeness (QED) is 0.680. The number of nitrogens with zero attached hydrogens (tertiary/aromatic N) is 1. The van der Waals surface area contributed by atoms with Gasteiger partial charge in [0.2, 0.25) is 5.91 Å². The van der Waals surface area contributed by atoms with Crippen molar-refractivity contribution >= 4 is 18.0 Å². The highest BCUT2D eigenvalue weighted by Crippen LogP contribution is 1.99. The van der Waals surface area contributed by atoms with Crippen molar-refractivity contribution in [2.45, 2.75) is 13.8 Å². The van der Waals surface area contributed by atoms with Crippen LogP contribution in [0.3, 0.4) is 0 Å². The van der Waals surface area contributed by atoms with E-state index in [0.717, 1.165) is 7.11 Å². The molecule has 0 aromatic carbocycles. The van der Waals surface area contributed by atoms with Crippen LogP contribution >= 0.6 is 0 Å². The average Bonchev–Trinajstić information content (AvgIpc) is 2.27. The molecule has 0 saturated heterocycles. The van der Waals surface area contributed by atoms with Crippen molar-refractivity contribution in [1.82, 2.24) is 10.2 Å². The summed E-state index contributed by atoms with van der Waals surface area (Å²) in [7, 11) is 1.16. The van der Waals surface area contributed by atoms with Crippen molar-refractivity contribution in [3.8, 4) is 0 Å². The van der Waals surface area contributed by atoms with Gasteiger partial charge < -0.3 is 9.84 Å². The minimum Gasteiger partial charge on any atom is -0.481 e. The van der Waals surface area contributed by atoms with Crippen LogP contribution in [0.25, 0.3) is 0 Å². The second-order valence-electron chi connectivity index (χ2n) is 3.61. The first-order chi connectivity index (χ1) is 7.90. The predicted molar refractivity (Wildman–Crippen MR) is 59.5 cm³/mol. The maximum absolute atomic E-state index is 11.3. The van der Waals surface area contributed by atoms with E-state index in [2.05, 4.69) is 4.74 Å². The lowest BCUT2D eigenvalue weighted by Gasteiger charge is -2.21. The Balaban J connectivity index is 4.17. The van der Waals surface area contributed by atoms with E-state index in [9.17, 15) is 14.4 Å². The summed E-state index contributed by atoms with van der Waals surface area (Å²) in [6.07, 6.45) is -0.822. The number of hydrogen-bond donors (Lipinski definition) is 2. The standard InChI is InChI=1S/C10H18N2O5/c1-4-12(5-7(2)9(14)15)6-8(13)11-10(16)17-3/h7H,4-6H2,1-3H3,(H,14,15)(H,11,13,16). The molecule has 1 unspecified atom stereocenters. The maximum Gasteiger partial charge on any atom is 0.413 e. The Morgan fingerprint density at radius 1 is 1.41 bits per heavy atom. The van der Waals surface area contributed by atoms with Crippen molar-refractivity contribution < 1.29 is 24.2 Å². The third-order valence-electron chi connectivity index (χ3n) is 2.19. The van der Waals surface area contributed by atoms with Crippen LogP contribution in [-0.4, -0.2) is 54.7 Å². The maximum atomic E-state index is 11.3. The van der Waals surface area contributed by atoms with Gasteiger partial charge in [0.05, 0.1) is 19.6 Å². The zero-order chi connectivity index (χ0) is 13.4. The largest absolute Gasteiger partial charge is 0.481 e. The fourth-order valence-electron chi connectivity index (χ4n) is 1.18. The highest BCUT2D eigenvalue weighted by Gasteiger charge is 2.18. The molecule has 0 fully saturated rings. The number of carbonyl (C=O) groups excluding carboxylic acids is 2. The van der Waals surface area contributed by atoms with E-state index in [1.54, 1.807) is 18.7 Å². The van der Waals surface area contributed by atoms with Crippen LogP contribution in [0.5, 0.6) is 0 Å². The minimum absolute atomic E-state index is 0.0385. The van der Waals surface area contributed by atoms with Crippen molar-refractivity contribution in [2.24, 2.45) is 5.92 Å². The van der Waals surface area contributed by atoms with Gasteiger partial charge in [0.1, 0.15) is 0 Å². The zero-order valence-corrected chi connectivity index (χ0v) is 10.2. The van der Waals surface area contributed by atoms with Gasteiger partial charge in [-0.3, -0.25) is 19.8 Å².